The van der Waals surface area contributed by atoms with Crippen LogP contribution in [0.3, 0.4) is 0 Å². The van der Waals surface area contributed by atoms with Gasteiger partial charge in [-0.2, -0.15) is 13.8 Å². The maximum atomic E-state index is 13.8. The number of fused-ring (bicyclic) bond motifs is 6. The molecule has 2 aliphatic carbocycles. The van der Waals surface area contributed by atoms with Crippen molar-refractivity contribution in [3.8, 4) is 51.0 Å². The minimum absolute atomic E-state index is 0.112. The molecule has 18 rings (SSSR count). The fourth-order valence-electron chi connectivity index (χ4n) is 13.4. The highest BCUT2D eigenvalue weighted by Gasteiger charge is 2.44. The Labute approximate surface area is 546 Å². The lowest BCUT2D eigenvalue weighted by Gasteiger charge is -2.47. The number of halogens is 4. The first kappa shape index (κ1) is 61.9. The van der Waals surface area contributed by atoms with Crippen molar-refractivity contribution in [1.82, 2.24) is 44.9 Å². The van der Waals surface area contributed by atoms with Crippen molar-refractivity contribution in [2.24, 2.45) is 0 Å². The Hall–Kier alpha value is -9.27. The maximum Gasteiger partial charge on any atom is 0.387 e. The van der Waals surface area contributed by atoms with Gasteiger partial charge in [0, 0.05) is 111 Å². The lowest BCUT2D eigenvalue weighted by molar-refractivity contribution is -0.133. The summed E-state index contributed by atoms with van der Waals surface area (Å²) < 4.78 is 87.0. The predicted molar refractivity (Wildman–Crippen MR) is 349 cm³/mol. The minimum atomic E-state index is -3.07. The van der Waals surface area contributed by atoms with Gasteiger partial charge in [-0.1, -0.05) is 60.7 Å². The zero-order valence-corrected chi connectivity index (χ0v) is 52.6. The van der Waals surface area contributed by atoms with Gasteiger partial charge in [0.25, 0.3) is 5.92 Å². The van der Waals surface area contributed by atoms with E-state index in [4.69, 9.17) is 60.8 Å². The fourth-order valence-corrected chi connectivity index (χ4v) is 13.4. The number of pyridine rings is 3. The monoisotopic (exact) mass is 1300 g/mol. The highest BCUT2D eigenvalue weighted by atomic mass is 19.3. The van der Waals surface area contributed by atoms with Gasteiger partial charge in [0.2, 0.25) is 5.95 Å². The number of rotatable bonds is 17. The highest BCUT2D eigenvalue weighted by molar-refractivity contribution is 5.70. The van der Waals surface area contributed by atoms with Crippen LogP contribution in [0.2, 0.25) is 0 Å². The average molecular weight is 1300 g/mol. The third-order valence-electron chi connectivity index (χ3n) is 18.9. The van der Waals surface area contributed by atoms with E-state index >= 15 is 0 Å². The van der Waals surface area contributed by atoms with Gasteiger partial charge in [0.05, 0.1) is 73.3 Å². The number of ether oxygens (including phenoxy) is 6. The lowest BCUT2D eigenvalue weighted by atomic mass is 9.99. The molecule has 26 heteroatoms. The summed E-state index contributed by atoms with van der Waals surface area (Å²) in [5.41, 5.74) is 24.3. The van der Waals surface area contributed by atoms with E-state index in [1.807, 2.05) is 91.5 Å². The van der Waals surface area contributed by atoms with Crippen LogP contribution in [0.1, 0.15) is 112 Å². The van der Waals surface area contributed by atoms with E-state index in [0.29, 0.717) is 89.4 Å². The zero-order chi connectivity index (χ0) is 65.1. The van der Waals surface area contributed by atoms with Crippen LogP contribution in [0.5, 0.6) is 17.2 Å². The molecule has 95 heavy (non-hydrogen) atoms. The molecular formula is C69H74F4N16O6. The summed E-state index contributed by atoms with van der Waals surface area (Å²) in [4.78, 5) is 49.6. The summed E-state index contributed by atoms with van der Waals surface area (Å²) in [6.07, 6.45) is 13.0. The molecule has 10 fully saturated rings. The van der Waals surface area contributed by atoms with Crippen LogP contribution >= 0.6 is 0 Å². The Kier molecular flexibility index (Phi) is 16.8. The Morgan fingerprint density at radius 2 is 0.958 bits per heavy atom. The molecule has 494 valence electrons. The molecular weight excluding hydrogens is 1220 g/mol. The number of aromatic nitrogens is 9. The molecule has 8 atom stereocenters. The third kappa shape index (κ3) is 13.8. The van der Waals surface area contributed by atoms with E-state index in [-0.39, 0.29) is 54.9 Å². The number of nitrogens with zero attached hydrogens (tertiary/aromatic N) is 13. The van der Waals surface area contributed by atoms with E-state index in [1.165, 1.54) is 17.2 Å². The second kappa shape index (κ2) is 25.8. The largest absolute Gasteiger partial charge is 0.482 e. The smallest absolute Gasteiger partial charge is 0.387 e. The zero-order valence-electron chi connectivity index (χ0n) is 52.6. The fraction of sp³-hybridized carbons (Fsp3) is 0.435. The van der Waals surface area contributed by atoms with Crippen LogP contribution in [0.15, 0.2) is 116 Å². The first-order chi connectivity index (χ1) is 46.0. The molecule has 6 N–H and O–H groups in total. The maximum absolute atomic E-state index is 13.8. The molecule has 22 nitrogen and oxygen atoms in total. The first-order valence-corrected chi connectivity index (χ1v) is 32.7. The quantitative estimate of drug-likeness (QED) is 0.0716. The summed E-state index contributed by atoms with van der Waals surface area (Å²) in [7, 11) is 0. The summed E-state index contributed by atoms with van der Waals surface area (Å²) >= 11 is 0. The lowest BCUT2D eigenvalue weighted by Crippen LogP contribution is -2.57. The van der Waals surface area contributed by atoms with Gasteiger partial charge in [-0.05, 0) is 81.7 Å². The van der Waals surface area contributed by atoms with E-state index < -0.39 is 19.1 Å². The van der Waals surface area contributed by atoms with E-state index in [0.717, 1.165) is 128 Å². The average Bonchev–Trinajstić information content (AvgIpc) is 1.60. The SMILES string of the molecule is CC(Oc1cc(-c2cc(N3C[C@@H]4C[C@H]3CO4)nc(C3CC3)n2)cnc1N)c1ccccc1.CC(Oc1cc(-c2cc(N3C[C@@H]4C[C@H]3CO4)nc(C3CC3)n2)cnc1N)c1ccccc1.Nc1ncc(-c2cc(N3CC4CC(C3)O4)nc(N3CCC(F)(F)C3)n2)cc1OC(F)F. The van der Waals surface area contributed by atoms with Crippen molar-refractivity contribution in [3.05, 3.63) is 138 Å². The van der Waals surface area contributed by atoms with Crippen molar-refractivity contribution in [1.29, 1.82) is 0 Å². The molecule has 8 aromatic rings. The van der Waals surface area contributed by atoms with Crippen LogP contribution in [0.25, 0.3) is 33.8 Å². The number of hydrogen-bond acceptors (Lipinski definition) is 22. The summed E-state index contributed by atoms with van der Waals surface area (Å²) in [6, 6.07) is 32.0. The van der Waals surface area contributed by atoms with Crippen molar-refractivity contribution >= 4 is 40.9 Å². The Balaban J connectivity index is 0.000000117. The van der Waals surface area contributed by atoms with Gasteiger partial charge in [-0.25, -0.2) is 48.7 Å². The minimum Gasteiger partial charge on any atom is -0.482 e. The Morgan fingerprint density at radius 3 is 1.36 bits per heavy atom. The van der Waals surface area contributed by atoms with Crippen molar-refractivity contribution in [3.63, 3.8) is 0 Å². The van der Waals surface area contributed by atoms with E-state index in [9.17, 15) is 17.6 Å². The van der Waals surface area contributed by atoms with Crippen LogP contribution < -0.4 is 51.0 Å². The molecule has 14 heterocycles. The number of benzene rings is 2. The number of anilines is 7. The molecule has 2 saturated carbocycles. The highest BCUT2D eigenvalue weighted by Crippen LogP contribution is 2.44. The normalized spacial score (nSPS) is 23.4. The first-order valence-electron chi connectivity index (χ1n) is 32.7. The molecule has 0 radical (unpaired) electrons. The van der Waals surface area contributed by atoms with Gasteiger partial charge in [0.15, 0.2) is 34.7 Å². The molecule has 0 spiro atoms. The molecule has 10 aliphatic rings. The van der Waals surface area contributed by atoms with Gasteiger partial charge >= 0.3 is 6.61 Å². The number of piperidine rings is 1. The van der Waals surface area contributed by atoms with Gasteiger partial charge < -0.3 is 65.2 Å². The van der Waals surface area contributed by atoms with Crippen LogP contribution in [-0.2, 0) is 14.2 Å². The van der Waals surface area contributed by atoms with Crippen LogP contribution in [0, 0.1) is 0 Å². The topological polar surface area (TPSA) is 262 Å². The molecule has 6 bridgehead atoms. The number of nitrogens with two attached hydrogens (primary N) is 3. The van der Waals surface area contributed by atoms with Gasteiger partial charge in [-0.3, -0.25) is 0 Å². The van der Waals surface area contributed by atoms with E-state index in [2.05, 4.69) is 51.6 Å². The molecule has 6 aromatic heterocycles. The second-order valence-electron chi connectivity index (χ2n) is 26.0. The number of morpholine rings is 3. The van der Waals surface area contributed by atoms with Crippen LogP contribution in [0.4, 0.5) is 58.4 Å². The Bertz CT molecular complexity index is 3870. The number of alkyl halides is 4. The molecule has 0 amide bonds. The predicted octanol–water partition coefficient (Wildman–Crippen LogP) is 10.8. The standard InChI is InChI=1S/2C25H27N5O2.C19H20F4N6O2/c2*1-15(16-5-3-2-4-6-16)32-22-9-18(12-27-24(22)26)21-11-23(29-25(28-21)17-7-8-17)30-13-20-10-19(30)14-31-20;20-17(21)31-14-3-10(6-25-16(14)24)13-5-15(29-7-11-4-12(8-29)30-11)27-18(26-13)28-2-1-19(22,23)9-28/h2*2-6,9,11-12,15,17,19-20H,7-8,10,13-14H2,1H3,(H2,26,27);3,5-6,11-12,17H,1-2,4,7-9H2,(H2,24,25)/t2*15?,19-,20-;/m00./s1. The van der Waals surface area contributed by atoms with Gasteiger partial charge in [-0.15, -0.1) is 0 Å². The molecule has 4 unspecified atom stereocenters. The van der Waals surface area contributed by atoms with E-state index in [1.54, 1.807) is 18.5 Å². The number of hydrogen-bond donors (Lipinski definition) is 3. The second-order valence-corrected chi connectivity index (χ2v) is 26.0. The molecule has 8 saturated heterocycles. The molecule has 8 aliphatic heterocycles. The summed E-state index contributed by atoms with van der Waals surface area (Å²) in [5.74, 6) is 4.07. The van der Waals surface area contributed by atoms with Gasteiger partial charge in [0.1, 0.15) is 41.3 Å². The van der Waals surface area contributed by atoms with Crippen molar-refractivity contribution in [2.45, 2.75) is 138 Å². The molecule has 2 aromatic carbocycles. The summed E-state index contributed by atoms with van der Waals surface area (Å²) in [5, 5.41) is 0. The third-order valence-corrected chi connectivity index (χ3v) is 18.9. The number of nitrogen functional groups attached to an aromatic ring is 3. The van der Waals surface area contributed by atoms with Crippen molar-refractivity contribution < 1.29 is 46.0 Å². The van der Waals surface area contributed by atoms with Crippen molar-refractivity contribution in [2.75, 3.05) is 89.3 Å². The van der Waals surface area contributed by atoms with Crippen LogP contribution in [-0.4, -0.2) is 146 Å². The summed E-state index contributed by atoms with van der Waals surface area (Å²) in [6.45, 7) is 5.20. The Morgan fingerprint density at radius 1 is 0.516 bits per heavy atom.